The second kappa shape index (κ2) is 5.98. The van der Waals surface area contributed by atoms with E-state index in [9.17, 15) is 0 Å². The Bertz CT molecular complexity index is 632. The molecule has 1 aliphatic carbocycles. The lowest BCUT2D eigenvalue weighted by molar-refractivity contribution is 0.296. The summed E-state index contributed by atoms with van der Waals surface area (Å²) in [5.74, 6) is 2.25. The Balaban J connectivity index is 2.14. The number of imidazole rings is 1. The number of nitrogens with zero attached hydrogens (tertiary/aromatic N) is 2. The molecule has 2 N–H and O–H groups in total. The molecule has 1 aromatic heterocycles. The number of aromatic nitrogens is 2. The second-order valence-corrected chi connectivity index (χ2v) is 6.89. The molecule has 3 nitrogen and oxygen atoms in total. The summed E-state index contributed by atoms with van der Waals surface area (Å²) in [5, 5.41) is 0.751. The minimum atomic E-state index is 0.395. The second-order valence-electron chi connectivity index (χ2n) is 6.45. The van der Waals surface area contributed by atoms with Crippen molar-refractivity contribution in [3.8, 4) is 0 Å². The molecule has 0 aliphatic heterocycles. The Morgan fingerprint density at radius 1 is 1.33 bits per heavy atom. The van der Waals surface area contributed by atoms with Gasteiger partial charge in [0, 0.05) is 17.0 Å². The van der Waals surface area contributed by atoms with Gasteiger partial charge in [-0.15, -0.1) is 0 Å². The lowest BCUT2D eigenvalue weighted by atomic mass is 9.78. The predicted octanol–water partition coefficient (Wildman–Crippen LogP) is 4.50. The Kier molecular flexibility index (Phi) is 4.23. The summed E-state index contributed by atoms with van der Waals surface area (Å²) in [5.41, 5.74) is 8.21. The van der Waals surface area contributed by atoms with Crippen LogP contribution in [-0.2, 0) is 0 Å². The predicted molar refractivity (Wildman–Crippen MR) is 88.9 cm³/mol. The molecule has 114 valence electrons. The van der Waals surface area contributed by atoms with Crippen LogP contribution in [0.25, 0.3) is 11.0 Å². The van der Waals surface area contributed by atoms with Crippen LogP contribution >= 0.6 is 11.6 Å². The first kappa shape index (κ1) is 14.9. The third-order valence-corrected chi connectivity index (χ3v) is 4.97. The Morgan fingerprint density at radius 2 is 2.10 bits per heavy atom. The minimum absolute atomic E-state index is 0.395. The van der Waals surface area contributed by atoms with E-state index in [4.69, 9.17) is 22.3 Å². The van der Waals surface area contributed by atoms with E-state index in [1.54, 1.807) is 0 Å². The Hall–Kier alpha value is -1.06. The third kappa shape index (κ3) is 2.69. The summed E-state index contributed by atoms with van der Waals surface area (Å²) in [6.45, 7) is 5.20. The summed E-state index contributed by atoms with van der Waals surface area (Å²) in [7, 11) is 0. The van der Waals surface area contributed by atoms with Gasteiger partial charge in [0.2, 0.25) is 0 Å². The SMILES string of the molecule is CC(C)n1c(C2CCCCC2CN)nc2cc(Cl)ccc21. The van der Waals surface area contributed by atoms with Gasteiger partial charge in [-0.2, -0.15) is 0 Å². The maximum Gasteiger partial charge on any atom is 0.113 e. The molecule has 2 aromatic rings. The molecule has 1 fully saturated rings. The smallest absolute Gasteiger partial charge is 0.113 e. The Morgan fingerprint density at radius 3 is 2.81 bits per heavy atom. The summed E-state index contributed by atoms with van der Waals surface area (Å²) in [6, 6.07) is 6.41. The van der Waals surface area contributed by atoms with Crippen LogP contribution in [0.2, 0.25) is 5.02 Å². The van der Waals surface area contributed by atoms with Crippen LogP contribution in [0.4, 0.5) is 0 Å². The van der Waals surface area contributed by atoms with Crippen LogP contribution in [0, 0.1) is 5.92 Å². The van der Waals surface area contributed by atoms with Gasteiger partial charge in [0.05, 0.1) is 11.0 Å². The number of benzene rings is 1. The van der Waals surface area contributed by atoms with Gasteiger partial charge in [-0.25, -0.2) is 4.98 Å². The summed E-state index contributed by atoms with van der Waals surface area (Å²) in [4.78, 5) is 4.94. The average Bonchev–Trinajstić information content (AvgIpc) is 2.85. The molecular formula is C17H24ClN3. The molecule has 1 heterocycles. The molecule has 1 saturated carbocycles. The van der Waals surface area contributed by atoms with Gasteiger partial charge in [-0.3, -0.25) is 0 Å². The van der Waals surface area contributed by atoms with Crippen molar-refractivity contribution in [1.82, 2.24) is 9.55 Å². The van der Waals surface area contributed by atoms with Crippen molar-refractivity contribution in [2.75, 3.05) is 6.54 Å². The largest absolute Gasteiger partial charge is 0.330 e. The first-order chi connectivity index (χ1) is 10.1. The van der Waals surface area contributed by atoms with E-state index in [1.165, 1.54) is 37.0 Å². The van der Waals surface area contributed by atoms with Crippen LogP contribution in [-0.4, -0.2) is 16.1 Å². The maximum atomic E-state index is 6.13. The summed E-state index contributed by atoms with van der Waals surface area (Å²) >= 11 is 6.13. The van der Waals surface area contributed by atoms with Gasteiger partial charge in [-0.1, -0.05) is 24.4 Å². The molecular weight excluding hydrogens is 282 g/mol. The van der Waals surface area contributed by atoms with E-state index >= 15 is 0 Å². The number of rotatable bonds is 3. The van der Waals surface area contributed by atoms with E-state index < -0.39 is 0 Å². The highest BCUT2D eigenvalue weighted by Crippen LogP contribution is 2.39. The van der Waals surface area contributed by atoms with Crippen molar-refractivity contribution in [1.29, 1.82) is 0 Å². The van der Waals surface area contributed by atoms with Crippen LogP contribution in [0.3, 0.4) is 0 Å². The van der Waals surface area contributed by atoms with Crippen molar-refractivity contribution >= 4 is 22.6 Å². The first-order valence-electron chi connectivity index (χ1n) is 7.99. The van der Waals surface area contributed by atoms with Crippen LogP contribution in [0.15, 0.2) is 18.2 Å². The van der Waals surface area contributed by atoms with E-state index in [0.29, 0.717) is 17.9 Å². The van der Waals surface area contributed by atoms with Gasteiger partial charge in [-0.05, 0) is 57.4 Å². The Labute approximate surface area is 131 Å². The highest BCUT2D eigenvalue weighted by atomic mass is 35.5. The zero-order valence-electron chi connectivity index (χ0n) is 12.8. The highest BCUT2D eigenvalue weighted by molar-refractivity contribution is 6.31. The molecule has 1 aromatic carbocycles. The number of halogens is 1. The highest BCUT2D eigenvalue weighted by Gasteiger charge is 2.30. The fourth-order valence-corrected chi connectivity index (χ4v) is 3.89. The van der Waals surface area contributed by atoms with Crippen molar-refractivity contribution in [3.63, 3.8) is 0 Å². The van der Waals surface area contributed by atoms with E-state index in [2.05, 4.69) is 24.5 Å². The molecule has 2 atom stereocenters. The average molecular weight is 306 g/mol. The lowest BCUT2D eigenvalue weighted by Gasteiger charge is -2.31. The van der Waals surface area contributed by atoms with Gasteiger partial charge >= 0.3 is 0 Å². The number of hydrogen-bond donors (Lipinski definition) is 1. The van der Waals surface area contributed by atoms with Gasteiger partial charge in [0.15, 0.2) is 0 Å². The van der Waals surface area contributed by atoms with Crippen molar-refractivity contribution in [2.24, 2.45) is 11.7 Å². The van der Waals surface area contributed by atoms with Crippen LogP contribution in [0.5, 0.6) is 0 Å². The molecule has 1 aliphatic rings. The monoisotopic (exact) mass is 305 g/mol. The summed E-state index contributed by atoms with van der Waals surface area (Å²) in [6.07, 6.45) is 5.00. The molecule has 0 spiro atoms. The molecule has 4 heteroatoms. The van der Waals surface area contributed by atoms with E-state index in [-0.39, 0.29) is 0 Å². The molecule has 2 unspecified atom stereocenters. The molecule has 0 radical (unpaired) electrons. The fourth-order valence-electron chi connectivity index (χ4n) is 3.72. The van der Waals surface area contributed by atoms with Gasteiger partial charge < -0.3 is 10.3 Å². The minimum Gasteiger partial charge on any atom is -0.330 e. The number of hydrogen-bond acceptors (Lipinski definition) is 2. The standard InChI is InChI=1S/C17H24ClN3/c1-11(2)21-16-8-7-13(18)9-15(16)20-17(21)14-6-4-3-5-12(14)10-19/h7-9,11-12,14H,3-6,10,19H2,1-2H3. The topological polar surface area (TPSA) is 43.8 Å². The number of fused-ring (bicyclic) bond motifs is 1. The molecule has 21 heavy (non-hydrogen) atoms. The van der Waals surface area contributed by atoms with Crippen molar-refractivity contribution < 1.29 is 0 Å². The molecule has 3 rings (SSSR count). The first-order valence-corrected chi connectivity index (χ1v) is 8.37. The van der Waals surface area contributed by atoms with Gasteiger partial charge in [0.1, 0.15) is 5.82 Å². The third-order valence-electron chi connectivity index (χ3n) is 4.74. The maximum absolute atomic E-state index is 6.13. The molecule has 0 saturated heterocycles. The lowest BCUT2D eigenvalue weighted by Crippen LogP contribution is -2.27. The quantitative estimate of drug-likeness (QED) is 0.907. The normalized spacial score (nSPS) is 23.1. The fraction of sp³-hybridized carbons (Fsp3) is 0.588. The van der Waals surface area contributed by atoms with Crippen molar-refractivity contribution in [3.05, 3.63) is 29.0 Å². The zero-order chi connectivity index (χ0) is 15.0. The van der Waals surface area contributed by atoms with Crippen molar-refractivity contribution in [2.45, 2.75) is 51.5 Å². The number of nitrogens with two attached hydrogens (primary N) is 1. The summed E-state index contributed by atoms with van der Waals surface area (Å²) < 4.78 is 2.38. The van der Waals surface area contributed by atoms with Gasteiger partial charge in [0.25, 0.3) is 0 Å². The van der Waals surface area contributed by atoms with Crippen LogP contribution < -0.4 is 5.73 Å². The molecule has 0 amide bonds. The zero-order valence-corrected chi connectivity index (χ0v) is 13.6. The van der Waals surface area contributed by atoms with E-state index in [0.717, 1.165) is 17.1 Å². The molecule has 0 bridgehead atoms. The van der Waals surface area contributed by atoms with E-state index in [1.807, 2.05) is 12.1 Å². The van der Waals surface area contributed by atoms with Crippen LogP contribution in [0.1, 0.15) is 57.3 Å².